The Labute approximate surface area is 107 Å². The fourth-order valence-corrected chi connectivity index (χ4v) is 3.76. The van der Waals surface area contributed by atoms with E-state index in [9.17, 15) is 4.79 Å². The Morgan fingerprint density at radius 1 is 1.75 bits per heavy atom. The average molecular weight is 279 g/mol. The standard InChI is InChI=1S/C9H11ClN2O2S2/c10-7-5-16-9(11-7)12-1-2-15-4-6(12)3-8(13)14/h5-6H,1-4H2,(H,13,14). The molecular weight excluding hydrogens is 268 g/mol. The Balaban J connectivity index is 2.12. The fraction of sp³-hybridized carbons (Fsp3) is 0.556. The molecule has 2 rings (SSSR count). The van der Waals surface area contributed by atoms with E-state index in [0.717, 1.165) is 23.2 Å². The van der Waals surface area contributed by atoms with Crippen LogP contribution in [0.4, 0.5) is 5.13 Å². The number of halogens is 1. The van der Waals surface area contributed by atoms with Crippen LogP contribution in [-0.4, -0.2) is 40.2 Å². The second-order valence-corrected chi connectivity index (χ2v) is 5.85. The van der Waals surface area contributed by atoms with Crippen molar-refractivity contribution in [3.63, 3.8) is 0 Å². The van der Waals surface area contributed by atoms with Crippen LogP contribution in [0.5, 0.6) is 0 Å². The topological polar surface area (TPSA) is 53.4 Å². The van der Waals surface area contributed by atoms with E-state index in [2.05, 4.69) is 9.88 Å². The predicted molar refractivity (Wildman–Crippen MR) is 67.8 cm³/mol. The highest BCUT2D eigenvalue weighted by molar-refractivity contribution is 7.99. The van der Waals surface area contributed by atoms with Gasteiger partial charge in [-0.1, -0.05) is 11.6 Å². The van der Waals surface area contributed by atoms with Crippen molar-refractivity contribution in [3.8, 4) is 0 Å². The van der Waals surface area contributed by atoms with Crippen LogP contribution in [0.15, 0.2) is 5.38 Å². The lowest BCUT2D eigenvalue weighted by Gasteiger charge is -2.34. The molecule has 0 aromatic carbocycles. The zero-order valence-electron chi connectivity index (χ0n) is 8.43. The molecule has 0 spiro atoms. The van der Waals surface area contributed by atoms with E-state index in [1.807, 2.05) is 0 Å². The van der Waals surface area contributed by atoms with E-state index in [1.165, 1.54) is 11.3 Å². The highest BCUT2D eigenvalue weighted by Gasteiger charge is 2.26. The molecule has 1 aromatic rings. The molecule has 7 heteroatoms. The molecule has 88 valence electrons. The van der Waals surface area contributed by atoms with Gasteiger partial charge in [0.15, 0.2) is 5.13 Å². The van der Waals surface area contributed by atoms with Gasteiger partial charge in [-0.05, 0) is 0 Å². The molecule has 4 nitrogen and oxygen atoms in total. The van der Waals surface area contributed by atoms with Crippen molar-refractivity contribution in [2.45, 2.75) is 12.5 Å². The van der Waals surface area contributed by atoms with Crippen LogP contribution in [0, 0.1) is 0 Å². The van der Waals surface area contributed by atoms with Crippen LogP contribution in [0.1, 0.15) is 6.42 Å². The first kappa shape index (κ1) is 12.0. The molecule has 1 atom stereocenters. The predicted octanol–water partition coefficient (Wildman–Crippen LogP) is 2.19. The molecule has 0 aliphatic carbocycles. The maximum Gasteiger partial charge on any atom is 0.305 e. The Kier molecular flexibility index (Phi) is 3.94. The van der Waals surface area contributed by atoms with Gasteiger partial charge in [0, 0.05) is 23.4 Å². The van der Waals surface area contributed by atoms with Crippen LogP contribution >= 0.6 is 34.7 Å². The number of aliphatic carboxylic acids is 1. The summed E-state index contributed by atoms with van der Waals surface area (Å²) >= 11 is 9.04. The summed E-state index contributed by atoms with van der Waals surface area (Å²) in [5, 5.41) is 11.9. The summed E-state index contributed by atoms with van der Waals surface area (Å²) < 4.78 is 0. The quantitative estimate of drug-likeness (QED) is 0.919. The second kappa shape index (κ2) is 5.25. The molecule has 0 bridgehead atoms. The molecule has 1 saturated heterocycles. The Morgan fingerprint density at radius 2 is 2.56 bits per heavy atom. The van der Waals surface area contributed by atoms with Crippen LogP contribution in [0.2, 0.25) is 5.15 Å². The van der Waals surface area contributed by atoms with Crippen LogP contribution in [0.25, 0.3) is 0 Å². The Morgan fingerprint density at radius 3 is 3.19 bits per heavy atom. The maximum absolute atomic E-state index is 10.8. The van der Waals surface area contributed by atoms with Gasteiger partial charge < -0.3 is 10.0 Å². The van der Waals surface area contributed by atoms with Gasteiger partial charge >= 0.3 is 5.97 Å². The molecule has 0 radical (unpaired) electrons. The normalized spacial score (nSPS) is 21.1. The van der Waals surface area contributed by atoms with Crippen molar-refractivity contribution in [1.29, 1.82) is 0 Å². The number of hydrogen-bond donors (Lipinski definition) is 1. The van der Waals surface area contributed by atoms with Gasteiger partial charge in [-0.15, -0.1) is 11.3 Å². The van der Waals surface area contributed by atoms with Crippen LogP contribution in [0.3, 0.4) is 0 Å². The summed E-state index contributed by atoms with van der Waals surface area (Å²) in [5.41, 5.74) is 0. The summed E-state index contributed by atoms with van der Waals surface area (Å²) in [4.78, 5) is 17.0. The molecule has 2 heterocycles. The maximum atomic E-state index is 10.8. The summed E-state index contributed by atoms with van der Waals surface area (Å²) in [6, 6.07) is 0.0264. The minimum absolute atomic E-state index is 0.0264. The first-order valence-electron chi connectivity index (χ1n) is 4.84. The zero-order chi connectivity index (χ0) is 11.5. The monoisotopic (exact) mass is 278 g/mol. The van der Waals surface area contributed by atoms with Gasteiger partial charge in [0.25, 0.3) is 0 Å². The zero-order valence-corrected chi connectivity index (χ0v) is 10.8. The van der Waals surface area contributed by atoms with E-state index in [1.54, 1.807) is 17.1 Å². The van der Waals surface area contributed by atoms with Crippen molar-refractivity contribution < 1.29 is 9.90 Å². The summed E-state index contributed by atoms with van der Waals surface area (Å²) in [7, 11) is 0. The second-order valence-electron chi connectivity index (χ2n) is 3.47. The van der Waals surface area contributed by atoms with Crippen LogP contribution < -0.4 is 4.90 Å². The first-order chi connectivity index (χ1) is 7.66. The van der Waals surface area contributed by atoms with Crippen molar-refractivity contribution >= 4 is 45.8 Å². The summed E-state index contributed by atoms with van der Waals surface area (Å²) in [6.45, 7) is 0.840. The van der Waals surface area contributed by atoms with Crippen molar-refractivity contribution in [3.05, 3.63) is 10.5 Å². The lowest BCUT2D eigenvalue weighted by Crippen LogP contribution is -2.43. The first-order valence-corrected chi connectivity index (χ1v) is 7.25. The smallest absolute Gasteiger partial charge is 0.305 e. The van der Waals surface area contributed by atoms with Crippen molar-refractivity contribution in [2.24, 2.45) is 0 Å². The molecule has 1 N–H and O–H groups in total. The van der Waals surface area contributed by atoms with Gasteiger partial charge in [0.2, 0.25) is 0 Å². The van der Waals surface area contributed by atoms with E-state index in [0.29, 0.717) is 5.15 Å². The SMILES string of the molecule is O=C(O)CC1CSCCN1c1nc(Cl)cs1. The molecule has 1 aliphatic rings. The highest BCUT2D eigenvalue weighted by atomic mass is 35.5. The minimum atomic E-state index is -0.764. The average Bonchev–Trinajstić information content (AvgIpc) is 2.65. The molecule has 1 aromatic heterocycles. The van der Waals surface area contributed by atoms with Gasteiger partial charge in [-0.2, -0.15) is 11.8 Å². The number of carboxylic acid groups (broad SMARTS) is 1. The van der Waals surface area contributed by atoms with Crippen LogP contribution in [-0.2, 0) is 4.79 Å². The summed E-state index contributed by atoms with van der Waals surface area (Å²) in [5.74, 6) is 1.08. The van der Waals surface area contributed by atoms with Gasteiger partial charge in [-0.25, -0.2) is 4.98 Å². The Bertz CT molecular complexity index is 385. The lowest BCUT2D eigenvalue weighted by molar-refractivity contribution is -0.137. The number of aromatic nitrogens is 1. The number of carboxylic acids is 1. The molecular formula is C9H11ClN2O2S2. The lowest BCUT2D eigenvalue weighted by atomic mass is 10.2. The number of nitrogens with zero attached hydrogens (tertiary/aromatic N) is 2. The third-order valence-electron chi connectivity index (χ3n) is 2.35. The Hall–Kier alpha value is -0.460. The largest absolute Gasteiger partial charge is 0.481 e. The number of thiazole rings is 1. The highest BCUT2D eigenvalue weighted by Crippen LogP contribution is 2.29. The van der Waals surface area contributed by atoms with Crippen molar-refractivity contribution in [1.82, 2.24) is 4.98 Å². The number of anilines is 1. The molecule has 1 aliphatic heterocycles. The minimum Gasteiger partial charge on any atom is -0.481 e. The summed E-state index contributed by atoms with van der Waals surface area (Å²) in [6.07, 6.45) is 0.157. The third kappa shape index (κ3) is 2.81. The molecule has 0 saturated carbocycles. The number of rotatable bonds is 3. The molecule has 1 unspecified atom stereocenters. The molecule has 1 fully saturated rings. The van der Waals surface area contributed by atoms with E-state index >= 15 is 0 Å². The van der Waals surface area contributed by atoms with Gasteiger partial charge in [0.05, 0.1) is 12.5 Å². The number of carbonyl (C=O) groups is 1. The number of hydrogen-bond acceptors (Lipinski definition) is 5. The molecule has 0 amide bonds. The third-order valence-corrected chi connectivity index (χ3v) is 4.64. The van der Waals surface area contributed by atoms with E-state index < -0.39 is 5.97 Å². The van der Waals surface area contributed by atoms with Gasteiger partial charge in [0.1, 0.15) is 5.15 Å². The number of thioether (sulfide) groups is 1. The van der Waals surface area contributed by atoms with E-state index in [4.69, 9.17) is 16.7 Å². The van der Waals surface area contributed by atoms with Crippen molar-refractivity contribution in [2.75, 3.05) is 23.0 Å². The van der Waals surface area contributed by atoms with Gasteiger partial charge in [-0.3, -0.25) is 4.79 Å². The molecule has 16 heavy (non-hydrogen) atoms. The van der Waals surface area contributed by atoms with E-state index in [-0.39, 0.29) is 12.5 Å². The fourth-order valence-electron chi connectivity index (χ4n) is 1.65.